The summed E-state index contributed by atoms with van der Waals surface area (Å²) in [6.07, 6.45) is 2.85. The van der Waals surface area contributed by atoms with Crippen molar-refractivity contribution in [3.8, 4) is 5.75 Å². The number of hydrogen-bond donors (Lipinski definition) is 1. The smallest absolute Gasteiger partial charge is 0.311 e. The lowest BCUT2D eigenvalue weighted by Gasteiger charge is -2.03. The minimum atomic E-state index is -0.240. The van der Waals surface area contributed by atoms with E-state index in [-0.39, 0.29) is 5.97 Å². The highest BCUT2D eigenvalue weighted by molar-refractivity contribution is 6.17. The molecule has 16 heavy (non-hydrogen) atoms. The maximum atomic E-state index is 11.4. The lowest BCUT2D eigenvalue weighted by molar-refractivity contribution is -0.134. The van der Waals surface area contributed by atoms with Crippen molar-refractivity contribution in [2.24, 2.45) is 0 Å². The maximum absolute atomic E-state index is 11.4. The number of aromatic amines is 1. The molecule has 0 bridgehead atoms. The van der Waals surface area contributed by atoms with E-state index in [0.29, 0.717) is 24.5 Å². The van der Waals surface area contributed by atoms with Gasteiger partial charge in [0.2, 0.25) is 0 Å². The van der Waals surface area contributed by atoms with Gasteiger partial charge in [-0.25, -0.2) is 0 Å². The topological polar surface area (TPSA) is 42.1 Å². The average Bonchev–Trinajstić information content (AvgIpc) is 2.73. The summed E-state index contributed by atoms with van der Waals surface area (Å²) in [6.45, 7) is 0. The van der Waals surface area contributed by atoms with Gasteiger partial charge in [0.1, 0.15) is 5.75 Å². The van der Waals surface area contributed by atoms with Crippen LogP contribution in [0.3, 0.4) is 0 Å². The third-order valence-corrected chi connectivity index (χ3v) is 2.54. The van der Waals surface area contributed by atoms with Crippen LogP contribution in [-0.2, 0) is 4.79 Å². The normalized spacial score (nSPS) is 10.6. The zero-order chi connectivity index (χ0) is 11.4. The first-order valence-corrected chi connectivity index (χ1v) is 5.67. The molecule has 0 atom stereocenters. The standard InChI is InChI=1S/C12H12ClNO2/c13-6-1-2-12(15)16-10-3-4-11-9(8-10)5-7-14-11/h3-5,7-8,14H,1-2,6H2. The van der Waals surface area contributed by atoms with Gasteiger partial charge in [0.15, 0.2) is 0 Å². The Morgan fingerprint density at radius 1 is 1.38 bits per heavy atom. The number of rotatable bonds is 4. The molecule has 0 unspecified atom stereocenters. The third-order valence-electron chi connectivity index (χ3n) is 2.27. The quantitative estimate of drug-likeness (QED) is 0.504. The van der Waals surface area contributed by atoms with E-state index < -0.39 is 0 Å². The molecule has 3 nitrogen and oxygen atoms in total. The summed E-state index contributed by atoms with van der Waals surface area (Å²) in [6, 6.07) is 7.44. The molecule has 0 aliphatic heterocycles. The Labute approximate surface area is 98.4 Å². The highest BCUT2D eigenvalue weighted by atomic mass is 35.5. The molecule has 1 heterocycles. The highest BCUT2D eigenvalue weighted by Gasteiger charge is 2.05. The second-order valence-electron chi connectivity index (χ2n) is 3.49. The number of hydrogen-bond acceptors (Lipinski definition) is 2. The molecule has 1 aromatic heterocycles. The van der Waals surface area contributed by atoms with Crippen molar-refractivity contribution in [2.45, 2.75) is 12.8 Å². The first-order chi connectivity index (χ1) is 7.79. The number of benzene rings is 1. The Hall–Kier alpha value is -1.48. The molecule has 0 saturated carbocycles. The van der Waals surface area contributed by atoms with Crippen molar-refractivity contribution in [2.75, 3.05) is 5.88 Å². The number of H-pyrrole nitrogens is 1. The summed E-state index contributed by atoms with van der Waals surface area (Å²) in [5, 5.41) is 1.03. The molecular weight excluding hydrogens is 226 g/mol. The van der Waals surface area contributed by atoms with Gasteiger partial charge in [-0.1, -0.05) is 0 Å². The van der Waals surface area contributed by atoms with E-state index in [1.54, 1.807) is 6.07 Å². The molecule has 1 aromatic carbocycles. The van der Waals surface area contributed by atoms with E-state index in [0.717, 1.165) is 10.9 Å². The van der Waals surface area contributed by atoms with Crippen LogP contribution in [0.2, 0.25) is 0 Å². The van der Waals surface area contributed by atoms with Crippen molar-refractivity contribution in [3.05, 3.63) is 30.5 Å². The zero-order valence-corrected chi connectivity index (χ0v) is 9.46. The van der Waals surface area contributed by atoms with Gasteiger partial charge in [0.25, 0.3) is 0 Å². The van der Waals surface area contributed by atoms with Crippen LogP contribution in [0.25, 0.3) is 10.9 Å². The minimum Gasteiger partial charge on any atom is -0.427 e. The maximum Gasteiger partial charge on any atom is 0.311 e. The van der Waals surface area contributed by atoms with Crippen LogP contribution >= 0.6 is 11.6 Å². The van der Waals surface area contributed by atoms with Gasteiger partial charge in [-0.15, -0.1) is 11.6 Å². The van der Waals surface area contributed by atoms with Crippen molar-refractivity contribution >= 4 is 28.5 Å². The van der Waals surface area contributed by atoms with Gasteiger partial charge in [-0.3, -0.25) is 4.79 Å². The van der Waals surface area contributed by atoms with Crippen molar-refractivity contribution < 1.29 is 9.53 Å². The summed E-state index contributed by atoms with van der Waals surface area (Å²) < 4.78 is 5.18. The summed E-state index contributed by atoms with van der Waals surface area (Å²) in [7, 11) is 0. The van der Waals surface area contributed by atoms with Gasteiger partial charge in [0, 0.05) is 29.4 Å². The Morgan fingerprint density at radius 2 is 2.25 bits per heavy atom. The first-order valence-electron chi connectivity index (χ1n) is 5.13. The summed E-state index contributed by atoms with van der Waals surface area (Å²) in [5.74, 6) is 0.813. The number of fused-ring (bicyclic) bond motifs is 1. The lowest BCUT2D eigenvalue weighted by atomic mass is 10.2. The number of alkyl halides is 1. The minimum absolute atomic E-state index is 0.240. The van der Waals surface area contributed by atoms with Gasteiger partial charge in [-0.05, 0) is 30.7 Å². The fourth-order valence-corrected chi connectivity index (χ4v) is 1.62. The summed E-state index contributed by atoms with van der Waals surface area (Å²) >= 11 is 5.50. The summed E-state index contributed by atoms with van der Waals surface area (Å²) in [5.41, 5.74) is 1.03. The highest BCUT2D eigenvalue weighted by Crippen LogP contribution is 2.20. The zero-order valence-electron chi connectivity index (χ0n) is 8.70. The molecule has 0 radical (unpaired) electrons. The Morgan fingerprint density at radius 3 is 3.06 bits per heavy atom. The van der Waals surface area contributed by atoms with Crippen LogP contribution in [-0.4, -0.2) is 16.8 Å². The Balaban J connectivity index is 2.06. The van der Waals surface area contributed by atoms with Gasteiger partial charge < -0.3 is 9.72 Å². The fourth-order valence-electron chi connectivity index (χ4n) is 1.49. The monoisotopic (exact) mass is 237 g/mol. The van der Waals surface area contributed by atoms with Crippen LogP contribution in [0.15, 0.2) is 30.5 Å². The van der Waals surface area contributed by atoms with Crippen LogP contribution in [0, 0.1) is 0 Å². The Kier molecular flexibility index (Phi) is 3.47. The predicted molar refractivity (Wildman–Crippen MR) is 63.9 cm³/mol. The number of aromatic nitrogens is 1. The van der Waals surface area contributed by atoms with Crippen LogP contribution in [0.5, 0.6) is 5.75 Å². The average molecular weight is 238 g/mol. The molecule has 0 amide bonds. The second-order valence-corrected chi connectivity index (χ2v) is 3.87. The van der Waals surface area contributed by atoms with Crippen LogP contribution in [0.1, 0.15) is 12.8 Å². The van der Waals surface area contributed by atoms with E-state index in [1.807, 2.05) is 24.4 Å². The second kappa shape index (κ2) is 5.03. The molecule has 84 valence electrons. The Bertz CT molecular complexity index is 492. The van der Waals surface area contributed by atoms with E-state index in [1.165, 1.54) is 0 Å². The number of ether oxygens (including phenoxy) is 1. The number of esters is 1. The van der Waals surface area contributed by atoms with Crippen LogP contribution < -0.4 is 4.74 Å². The van der Waals surface area contributed by atoms with Gasteiger partial charge in [0.05, 0.1) is 0 Å². The number of nitrogens with one attached hydrogen (secondary N) is 1. The van der Waals surface area contributed by atoms with Gasteiger partial charge in [-0.2, -0.15) is 0 Å². The van der Waals surface area contributed by atoms with E-state index >= 15 is 0 Å². The molecule has 0 spiro atoms. The summed E-state index contributed by atoms with van der Waals surface area (Å²) in [4.78, 5) is 14.4. The van der Waals surface area contributed by atoms with Crippen molar-refractivity contribution in [1.29, 1.82) is 0 Å². The van der Waals surface area contributed by atoms with E-state index in [4.69, 9.17) is 16.3 Å². The number of carbonyl (C=O) groups excluding carboxylic acids is 1. The number of halogens is 1. The fraction of sp³-hybridized carbons (Fsp3) is 0.250. The predicted octanol–water partition coefficient (Wildman–Crippen LogP) is 3.09. The molecular formula is C12H12ClNO2. The molecule has 2 rings (SSSR count). The van der Waals surface area contributed by atoms with Crippen LogP contribution in [0.4, 0.5) is 0 Å². The third kappa shape index (κ3) is 2.55. The van der Waals surface area contributed by atoms with Gasteiger partial charge >= 0.3 is 5.97 Å². The molecule has 0 saturated heterocycles. The molecule has 0 aliphatic rings. The first kappa shape index (κ1) is 11.0. The molecule has 4 heteroatoms. The van der Waals surface area contributed by atoms with Crippen molar-refractivity contribution in [1.82, 2.24) is 4.98 Å². The molecule has 0 fully saturated rings. The van der Waals surface area contributed by atoms with E-state index in [9.17, 15) is 4.79 Å². The SMILES string of the molecule is O=C(CCCCl)Oc1ccc2[nH]ccc2c1. The van der Waals surface area contributed by atoms with E-state index in [2.05, 4.69) is 4.98 Å². The largest absolute Gasteiger partial charge is 0.427 e. The lowest BCUT2D eigenvalue weighted by Crippen LogP contribution is -2.07. The molecule has 1 N–H and O–H groups in total. The molecule has 2 aromatic rings. The molecule has 0 aliphatic carbocycles. The number of carbonyl (C=O) groups is 1. The van der Waals surface area contributed by atoms with Crippen molar-refractivity contribution in [3.63, 3.8) is 0 Å².